The highest BCUT2D eigenvalue weighted by atomic mass is 16.6. The first-order chi connectivity index (χ1) is 10.1. The first kappa shape index (κ1) is 15.8. The van der Waals surface area contributed by atoms with E-state index in [-0.39, 0.29) is 23.3 Å². The van der Waals surface area contributed by atoms with Crippen LogP contribution in [0.25, 0.3) is 0 Å². The van der Waals surface area contributed by atoms with Crippen LogP contribution in [0.5, 0.6) is 0 Å². The molecule has 1 N–H and O–H groups in total. The van der Waals surface area contributed by atoms with Crippen molar-refractivity contribution in [2.45, 2.75) is 58.5 Å². The number of aromatic nitrogens is 2. The fraction of sp³-hybridized carbons (Fsp3) is 0.786. The number of hydrogen-bond acceptors (Lipinski definition) is 5. The van der Waals surface area contributed by atoms with Crippen LogP contribution in [0.3, 0.4) is 0 Å². The maximum absolute atomic E-state index is 11.4. The Morgan fingerprint density at radius 1 is 1.48 bits per heavy atom. The van der Waals surface area contributed by atoms with Crippen molar-refractivity contribution < 1.29 is 10.0 Å². The summed E-state index contributed by atoms with van der Waals surface area (Å²) < 4.78 is 1.77. The molecular formula is C14H24N4O3. The van der Waals surface area contributed by atoms with E-state index in [2.05, 4.69) is 10.00 Å². The van der Waals surface area contributed by atoms with Gasteiger partial charge in [-0.25, -0.2) is 4.68 Å². The van der Waals surface area contributed by atoms with Gasteiger partial charge < -0.3 is 10.0 Å². The first-order valence-corrected chi connectivity index (χ1v) is 7.69. The molecule has 0 bridgehead atoms. The normalized spacial score (nSPS) is 19.0. The molecule has 0 aromatic carbocycles. The van der Waals surface area contributed by atoms with Gasteiger partial charge in [0.25, 0.3) is 0 Å². The topological polar surface area (TPSA) is 84.4 Å². The zero-order valence-electron chi connectivity index (χ0n) is 12.8. The molecule has 1 fully saturated rings. The minimum Gasteiger partial charge on any atom is -0.396 e. The number of aryl methyl sites for hydroxylation is 2. The maximum atomic E-state index is 11.4. The molecule has 7 nitrogen and oxygen atoms in total. The summed E-state index contributed by atoms with van der Waals surface area (Å²) >= 11 is 0. The van der Waals surface area contributed by atoms with Gasteiger partial charge in [0.2, 0.25) is 5.82 Å². The molecule has 21 heavy (non-hydrogen) atoms. The summed E-state index contributed by atoms with van der Waals surface area (Å²) in [7, 11) is 0. The Hall–Kier alpha value is -1.63. The summed E-state index contributed by atoms with van der Waals surface area (Å²) in [6.45, 7) is 5.30. The van der Waals surface area contributed by atoms with Crippen LogP contribution in [0.4, 0.5) is 11.5 Å². The van der Waals surface area contributed by atoms with Crippen LogP contribution in [0, 0.1) is 17.0 Å². The Morgan fingerprint density at radius 3 is 2.86 bits per heavy atom. The highest BCUT2D eigenvalue weighted by molar-refractivity contribution is 5.62. The van der Waals surface area contributed by atoms with Gasteiger partial charge in [-0.2, -0.15) is 5.10 Å². The predicted octanol–water partition coefficient (Wildman–Crippen LogP) is 2.25. The molecule has 2 rings (SSSR count). The van der Waals surface area contributed by atoms with E-state index >= 15 is 0 Å². The number of aliphatic hydroxyl groups is 1. The highest BCUT2D eigenvalue weighted by Gasteiger charge is 2.34. The molecule has 0 radical (unpaired) electrons. The van der Waals surface area contributed by atoms with Gasteiger partial charge in [-0.3, -0.25) is 10.1 Å². The third-order valence-corrected chi connectivity index (χ3v) is 4.05. The van der Waals surface area contributed by atoms with Gasteiger partial charge >= 0.3 is 5.69 Å². The summed E-state index contributed by atoms with van der Waals surface area (Å²) in [6, 6.07) is 0.161. The second-order valence-electron chi connectivity index (χ2n) is 5.59. The third kappa shape index (κ3) is 3.18. The lowest BCUT2D eigenvalue weighted by atomic mass is 9.99. The Labute approximate surface area is 124 Å². The third-order valence-electron chi connectivity index (χ3n) is 4.05. The number of anilines is 1. The van der Waals surface area contributed by atoms with Crippen LogP contribution < -0.4 is 4.90 Å². The monoisotopic (exact) mass is 296 g/mol. The number of piperidine rings is 1. The highest BCUT2D eigenvalue weighted by Crippen LogP contribution is 2.36. The Balaban J connectivity index is 2.45. The van der Waals surface area contributed by atoms with E-state index in [0.29, 0.717) is 24.5 Å². The zero-order chi connectivity index (χ0) is 15.4. The van der Waals surface area contributed by atoms with E-state index in [1.807, 2.05) is 6.92 Å². The molecular weight excluding hydrogens is 272 g/mol. The SMILES string of the molecule is CCCn1nc(C)c([N+](=O)[O-])c1N1CCCCC1CCO. The molecule has 1 saturated heterocycles. The van der Waals surface area contributed by atoms with Crippen molar-refractivity contribution in [3.63, 3.8) is 0 Å². The second kappa shape index (κ2) is 6.89. The lowest BCUT2D eigenvalue weighted by Crippen LogP contribution is -2.41. The molecule has 0 aliphatic carbocycles. The maximum Gasteiger partial charge on any atom is 0.333 e. The summed E-state index contributed by atoms with van der Waals surface area (Å²) in [4.78, 5) is 13.2. The molecule has 0 saturated carbocycles. The molecule has 118 valence electrons. The van der Waals surface area contributed by atoms with Crippen molar-refractivity contribution in [3.8, 4) is 0 Å². The molecule has 0 amide bonds. The van der Waals surface area contributed by atoms with Gasteiger partial charge in [-0.1, -0.05) is 6.92 Å². The van der Waals surface area contributed by atoms with Crippen molar-refractivity contribution in [3.05, 3.63) is 15.8 Å². The molecule has 1 unspecified atom stereocenters. The molecule has 0 spiro atoms. The van der Waals surface area contributed by atoms with Crippen molar-refractivity contribution >= 4 is 11.5 Å². The van der Waals surface area contributed by atoms with Crippen LogP contribution in [-0.4, -0.2) is 39.0 Å². The van der Waals surface area contributed by atoms with Crippen LogP contribution in [0.2, 0.25) is 0 Å². The number of nitrogens with zero attached hydrogens (tertiary/aromatic N) is 4. The van der Waals surface area contributed by atoms with E-state index in [1.54, 1.807) is 11.6 Å². The minimum atomic E-state index is -0.325. The van der Waals surface area contributed by atoms with Crippen LogP contribution >= 0.6 is 0 Å². The van der Waals surface area contributed by atoms with Gasteiger partial charge in [-0.15, -0.1) is 0 Å². The van der Waals surface area contributed by atoms with Gasteiger partial charge in [-0.05, 0) is 39.0 Å². The number of nitro groups is 1. The lowest BCUT2D eigenvalue weighted by Gasteiger charge is -2.36. The number of rotatable bonds is 6. The number of aliphatic hydroxyl groups excluding tert-OH is 1. The smallest absolute Gasteiger partial charge is 0.333 e. The standard InChI is InChI=1S/C14H24N4O3/c1-3-8-17-14(13(18(20)21)11(2)15-17)16-9-5-4-6-12(16)7-10-19/h12,19H,3-10H2,1-2H3. The summed E-state index contributed by atoms with van der Waals surface area (Å²) in [5.74, 6) is 0.623. The minimum absolute atomic E-state index is 0.107. The fourth-order valence-electron chi connectivity index (χ4n) is 3.15. The summed E-state index contributed by atoms with van der Waals surface area (Å²) in [5.41, 5.74) is 0.588. The van der Waals surface area contributed by atoms with Gasteiger partial charge in [0.1, 0.15) is 5.69 Å². The molecule has 1 aliphatic rings. The molecule has 2 heterocycles. The molecule has 1 aliphatic heterocycles. The largest absolute Gasteiger partial charge is 0.396 e. The average Bonchev–Trinajstić information content (AvgIpc) is 2.77. The average molecular weight is 296 g/mol. The van der Waals surface area contributed by atoms with E-state index < -0.39 is 0 Å². The lowest BCUT2D eigenvalue weighted by molar-refractivity contribution is -0.384. The quantitative estimate of drug-likeness (QED) is 0.643. The van der Waals surface area contributed by atoms with E-state index in [0.717, 1.165) is 32.2 Å². The van der Waals surface area contributed by atoms with Gasteiger partial charge in [0.05, 0.1) is 4.92 Å². The fourth-order valence-corrected chi connectivity index (χ4v) is 3.15. The van der Waals surface area contributed by atoms with E-state index in [9.17, 15) is 15.2 Å². The molecule has 1 aromatic rings. The number of hydrogen-bond donors (Lipinski definition) is 1. The van der Waals surface area contributed by atoms with Crippen LogP contribution in [-0.2, 0) is 6.54 Å². The summed E-state index contributed by atoms with van der Waals surface area (Å²) in [5, 5.41) is 25.1. The van der Waals surface area contributed by atoms with Gasteiger partial charge in [0.15, 0.2) is 0 Å². The predicted molar refractivity (Wildman–Crippen MR) is 80.6 cm³/mol. The van der Waals surface area contributed by atoms with E-state index in [4.69, 9.17) is 0 Å². The Bertz CT molecular complexity index is 499. The Morgan fingerprint density at radius 2 is 2.24 bits per heavy atom. The van der Waals surface area contributed by atoms with Crippen molar-refractivity contribution in [2.75, 3.05) is 18.1 Å². The molecule has 7 heteroatoms. The van der Waals surface area contributed by atoms with Crippen molar-refractivity contribution in [1.82, 2.24) is 9.78 Å². The molecule has 1 atom stereocenters. The molecule has 1 aromatic heterocycles. The van der Waals surface area contributed by atoms with Crippen molar-refractivity contribution in [1.29, 1.82) is 0 Å². The van der Waals surface area contributed by atoms with Crippen molar-refractivity contribution in [2.24, 2.45) is 0 Å². The van der Waals surface area contributed by atoms with Gasteiger partial charge in [0, 0.05) is 25.7 Å². The van der Waals surface area contributed by atoms with Crippen LogP contribution in [0.1, 0.15) is 44.7 Å². The Kier molecular flexibility index (Phi) is 5.17. The van der Waals surface area contributed by atoms with Crippen LogP contribution in [0.15, 0.2) is 0 Å². The zero-order valence-corrected chi connectivity index (χ0v) is 12.8. The first-order valence-electron chi connectivity index (χ1n) is 7.69. The summed E-state index contributed by atoms with van der Waals surface area (Å²) in [6.07, 6.45) is 4.62. The van der Waals surface area contributed by atoms with E-state index in [1.165, 1.54) is 0 Å². The second-order valence-corrected chi connectivity index (χ2v) is 5.59.